The third kappa shape index (κ3) is 5.33. The average Bonchev–Trinajstić information content (AvgIpc) is 2.85. The zero-order valence-corrected chi connectivity index (χ0v) is 17.5. The maximum absolute atomic E-state index is 11.1. The highest BCUT2D eigenvalue weighted by molar-refractivity contribution is 7.90. The molecule has 28 heavy (non-hydrogen) atoms. The Balaban J connectivity index is 0.000000207. The van der Waals surface area contributed by atoms with E-state index in [1.54, 1.807) is 18.2 Å². The lowest BCUT2D eigenvalue weighted by Gasteiger charge is -2.26. The van der Waals surface area contributed by atoms with Gasteiger partial charge in [-0.05, 0) is 62.2 Å². The van der Waals surface area contributed by atoms with E-state index in [4.69, 9.17) is 0 Å². The molecule has 0 radical (unpaired) electrons. The zero-order chi connectivity index (χ0) is 20.9. The Bertz CT molecular complexity index is 926. The molecular weight excluding hydrogens is 376 g/mol. The van der Waals surface area contributed by atoms with Crippen molar-refractivity contribution in [2.75, 3.05) is 20.6 Å². The summed E-state index contributed by atoms with van der Waals surface area (Å²) >= 11 is 0. The van der Waals surface area contributed by atoms with E-state index in [0.717, 1.165) is 13.0 Å². The van der Waals surface area contributed by atoms with Gasteiger partial charge >= 0.3 is 0 Å². The fourth-order valence-corrected chi connectivity index (χ4v) is 4.72. The van der Waals surface area contributed by atoms with Gasteiger partial charge in [-0.2, -0.15) is 0 Å². The lowest BCUT2D eigenvalue weighted by Crippen LogP contribution is -2.24. The summed E-state index contributed by atoms with van der Waals surface area (Å²) in [5, 5.41) is 9.51. The van der Waals surface area contributed by atoms with Crippen molar-refractivity contribution in [1.82, 2.24) is 9.62 Å². The van der Waals surface area contributed by atoms with Crippen LogP contribution in [0.15, 0.2) is 53.4 Å². The van der Waals surface area contributed by atoms with Gasteiger partial charge in [-0.1, -0.05) is 38.1 Å². The molecule has 0 saturated heterocycles. The number of hydrogen-bond donors (Lipinski definition) is 2. The smallest absolute Gasteiger partial charge is 0.266 e. The topological polar surface area (TPSA) is 86.7 Å². The van der Waals surface area contributed by atoms with E-state index in [-0.39, 0.29) is 10.5 Å². The second-order valence-corrected chi connectivity index (χ2v) is 8.93. The maximum atomic E-state index is 11.1. The standard InChI is InChI=1S/C14H23NO.C7H5NO3S/c1-5-14(11(2)10-15(3)4)12-7-6-8-13(16)9-12;9-7-5-3-1-2-4-6(5)12(10,11)8-7/h6-9,11,14,16H,5,10H2,1-4H3;1-4H,(H,8,9)/t11-,14+;/m1./s1. The number of phenolic OH excluding ortho intramolecular Hbond substituents is 1. The summed E-state index contributed by atoms with van der Waals surface area (Å²) in [6.45, 7) is 5.56. The number of benzene rings is 2. The normalized spacial score (nSPS) is 16.5. The van der Waals surface area contributed by atoms with Crippen molar-refractivity contribution < 1.29 is 18.3 Å². The largest absolute Gasteiger partial charge is 0.508 e. The number of hydrogen-bond acceptors (Lipinski definition) is 5. The van der Waals surface area contributed by atoms with Crippen LogP contribution < -0.4 is 4.72 Å². The number of nitrogens with one attached hydrogen (secondary N) is 1. The minimum atomic E-state index is -3.55. The van der Waals surface area contributed by atoms with Crippen LogP contribution in [0.3, 0.4) is 0 Å². The summed E-state index contributed by atoms with van der Waals surface area (Å²) in [6.07, 6.45) is 1.11. The summed E-state index contributed by atoms with van der Waals surface area (Å²) in [5.41, 5.74) is 1.47. The molecule has 1 heterocycles. The maximum Gasteiger partial charge on any atom is 0.266 e. The van der Waals surface area contributed by atoms with Gasteiger partial charge in [-0.15, -0.1) is 0 Å². The van der Waals surface area contributed by atoms with Crippen molar-refractivity contribution in [1.29, 1.82) is 0 Å². The molecule has 0 spiro atoms. The summed E-state index contributed by atoms with van der Waals surface area (Å²) < 4.78 is 24.2. The van der Waals surface area contributed by atoms with Gasteiger partial charge < -0.3 is 10.0 Å². The Morgan fingerprint density at radius 3 is 2.36 bits per heavy atom. The first-order valence-electron chi connectivity index (χ1n) is 9.25. The Morgan fingerprint density at radius 1 is 1.11 bits per heavy atom. The van der Waals surface area contributed by atoms with E-state index in [1.807, 2.05) is 16.9 Å². The van der Waals surface area contributed by atoms with Crippen molar-refractivity contribution in [2.45, 2.75) is 31.1 Å². The summed E-state index contributed by atoms with van der Waals surface area (Å²) in [4.78, 5) is 13.3. The number of phenols is 1. The van der Waals surface area contributed by atoms with Crippen LogP contribution in [-0.4, -0.2) is 45.0 Å². The minimum absolute atomic E-state index is 0.0648. The third-order valence-electron chi connectivity index (χ3n) is 4.73. The SMILES string of the molecule is CC[C@H](c1cccc(O)c1)[C@H](C)CN(C)C.O=C1NS(=O)(=O)c2ccccc21. The number of aromatic hydroxyl groups is 1. The van der Waals surface area contributed by atoms with E-state index < -0.39 is 15.9 Å². The number of amides is 1. The highest BCUT2D eigenvalue weighted by Gasteiger charge is 2.31. The van der Waals surface area contributed by atoms with Gasteiger partial charge in [-0.3, -0.25) is 4.79 Å². The number of carbonyl (C=O) groups excluding carboxylic acids is 1. The van der Waals surface area contributed by atoms with Crippen LogP contribution in [-0.2, 0) is 10.0 Å². The summed E-state index contributed by atoms with van der Waals surface area (Å²) in [6, 6.07) is 13.7. The van der Waals surface area contributed by atoms with Crippen LogP contribution in [0, 0.1) is 5.92 Å². The second-order valence-electron chi connectivity index (χ2n) is 7.28. The molecule has 0 bridgehead atoms. The van der Waals surface area contributed by atoms with Crippen LogP contribution in [0.4, 0.5) is 0 Å². The molecule has 0 fully saturated rings. The molecule has 2 aromatic rings. The van der Waals surface area contributed by atoms with Gasteiger partial charge in [0.25, 0.3) is 15.9 Å². The van der Waals surface area contributed by atoms with Gasteiger partial charge in [0.1, 0.15) is 10.6 Å². The minimum Gasteiger partial charge on any atom is -0.508 e. The number of nitrogens with zero attached hydrogens (tertiary/aromatic N) is 1. The quantitative estimate of drug-likeness (QED) is 0.799. The molecule has 2 atom stereocenters. The zero-order valence-electron chi connectivity index (χ0n) is 16.7. The Labute approximate surface area is 167 Å². The molecule has 0 aromatic heterocycles. The highest BCUT2D eigenvalue weighted by atomic mass is 32.2. The Kier molecular flexibility index (Phi) is 7.21. The van der Waals surface area contributed by atoms with E-state index in [9.17, 15) is 18.3 Å². The van der Waals surface area contributed by atoms with E-state index >= 15 is 0 Å². The molecule has 0 aliphatic carbocycles. The predicted molar refractivity (Wildman–Crippen MR) is 110 cm³/mol. The van der Waals surface area contributed by atoms with Crippen molar-refractivity contribution in [3.63, 3.8) is 0 Å². The molecule has 0 saturated carbocycles. The van der Waals surface area contributed by atoms with Gasteiger partial charge in [0.15, 0.2) is 0 Å². The van der Waals surface area contributed by atoms with E-state index in [1.165, 1.54) is 17.7 Å². The first-order chi connectivity index (χ1) is 13.2. The fourth-order valence-electron chi connectivity index (χ4n) is 3.55. The van der Waals surface area contributed by atoms with Crippen LogP contribution in [0.2, 0.25) is 0 Å². The molecule has 2 N–H and O–H groups in total. The van der Waals surface area contributed by atoms with Crippen LogP contribution in [0.1, 0.15) is 42.1 Å². The lowest BCUT2D eigenvalue weighted by molar-refractivity contribution is 0.0985. The molecule has 1 aliphatic heterocycles. The van der Waals surface area contributed by atoms with Gasteiger partial charge in [0, 0.05) is 6.54 Å². The summed E-state index contributed by atoms with van der Waals surface area (Å²) in [5.74, 6) is 0.940. The monoisotopic (exact) mass is 404 g/mol. The third-order valence-corrected chi connectivity index (χ3v) is 6.12. The number of sulfonamides is 1. The molecule has 1 aliphatic rings. The summed E-state index contributed by atoms with van der Waals surface area (Å²) in [7, 11) is 0.651. The first kappa shape index (κ1) is 21.9. The lowest BCUT2D eigenvalue weighted by atomic mass is 9.85. The molecule has 6 nitrogen and oxygen atoms in total. The van der Waals surface area contributed by atoms with E-state index in [2.05, 4.69) is 38.9 Å². The second kappa shape index (κ2) is 9.21. The number of rotatable bonds is 5. The van der Waals surface area contributed by atoms with Crippen molar-refractivity contribution >= 4 is 15.9 Å². The Morgan fingerprint density at radius 2 is 1.79 bits per heavy atom. The molecule has 3 rings (SSSR count). The molecule has 1 amide bonds. The highest BCUT2D eigenvalue weighted by Crippen LogP contribution is 2.30. The first-order valence-corrected chi connectivity index (χ1v) is 10.7. The van der Waals surface area contributed by atoms with Gasteiger partial charge in [0.2, 0.25) is 0 Å². The molecular formula is C21H28N2O4S. The van der Waals surface area contributed by atoms with Gasteiger partial charge in [0.05, 0.1) is 5.56 Å². The molecule has 0 unspecified atom stereocenters. The van der Waals surface area contributed by atoms with Crippen LogP contribution in [0.25, 0.3) is 0 Å². The van der Waals surface area contributed by atoms with Gasteiger partial charge in [-0.25, -0.2) is 13.1 Å². The van der Waals surface area contributed by atoms with E-state index in [0.29, 0.717) is 17.6 Å². The van der Waals surface area contributed by atoms with Crippen molar-refractivity contribution in [3.05, 3.63) is 59.7 Å². The predicted octanol–water partition coefficient (Wildman–Crippen LogP) is 3.20. The van der Waals surface area contributed by atoms with Crippen molar-refractivity contribution in [3.8, 4) is 5.75 Å². The number of carbonyl (C=O) groups is 1. The average molecular weight is 405 g/mol. The van der Waals surface area contributed by atoms with Crippen LogP contribution >= 0.6 is 0 Å². The fraction of sp³-hybridized carbons (Fsp3) is 0.381. The van der Waals surface area contributed by atoms with Crippen LogP contribution in [0.5, 0.6) is 5.75 Å². The molecule has 7 heteroatoms. The Hall–Kier alpha value is -2.38. The number of fused-ring (bicyclic) bond motifs is 1. The molecule has 152 valence electrons. The molecule has 2 aromatic carbocycles. The van der Waals surface area contributed by atoms with Crippen molar-refractivity contribution in [2.24, 2.45) is 5.92 Å².